The van der Waals surface area contributed by atoms with Gasteiger partial charge in [0.15, 0.2) is 0 Å². The second kappa shape index (κ2) is 4.33. The molecule has 0 fully saturated rings. The molecule has 0 spiro atoms. The van der Waals surface area contributed by atoms with Gasteiger partial charge in [-0.3, -0.25) is 4.79 Å². The number of hydrogen-bond acceptors (Lipinski definition) is 1. The van der Waals surface area contributed by atoms with E-state index in [4.69, 9.17) is 0 Å². The number of benzene rings is 1. The maximum Gasteiger partial charge on any atom is 0.471 e. The molecule has 82 valence electrons. The zero-order valence-electron chi connectivity index (χ0n) is 8.06. The number of aryl methyl sites for hydroxylation is 1. The Kier molecular flexibility index (Phi) is 3.34. The summed E-state index contributed by atoms with van der Waals surface area (Å²) in [5, 5.41) is 1.82. The van der Waals surface area contributed by atoms with E-state index in [1.54, 1.807) is 31.2 Å². The van der Waals surface area contributed by atoms with E-state index in [2.05, 4.69) is 0 Å². The summed E-state index contributed by atoms with van der Waals surface area (Å²) < 4.78 is 35.5. The highest BCUT2D eigenvalue weighted by Gasteiger charge is 2.38. The molecule has 0 atom stereocenters. The first-order chi connectivity index (χ1) is 6.91. The minimum Gasteiger partial charge on any atom is -0.344 e. The molecule has 0 aliphatic rings. The first-order valence-electron chi connectivity index (χ1n) is 4.31. The van der Waals surface area contributed by atoms with Crippen molar-refractivity contribution >= 4 is 5.91 Å². The van der Waals surface area contributed by atoms with Gasteiger partial charge in [0.25, 0.3) is 0 Å². The molecule has 2 nitrogen and oxygen atoms in total. The van der Waals surface area contributed by atoms with Gasteiger partial charge in [0.1, 0.15) is 0 Å². The molecule has 0 saturated carbocycles. The molecule has 5 heteroatoms. The fourth-order valence-corrected chi connectivity index (χ4v) is 1.08. The average Bonchev–Trinajstić information content (AvgIpc) is 2.14. The molecule has 0 aromatic heterocycles. The van der Waals surface area contributed by atoms with E-state index >= 15 is 0 Å². The second-order valence-electron chi connectivity index (χ2n) is 3.11. The largest absolute Gasteiger partial charge is 0.471 e. The molecule has 0 unspecified atom stereocenters. The number of alkyl halides is 3. The van der Waals surface area contributed by atoms with Gasteiger partial charge >= 0.3 is 12.1 Å². The van der Waals surface area contributed by atoms with Gasteiger partial charge in [-0.15, -0.1) is 0 Å². The van der Waals surface area contributed by atoms with Gasteiger partial charge in [0.2, 0.25) is 0 Å². The Morgan fingerprint density at radius 2 is 1.93 bits per heavy atom. The van der Waals surface area contributed by atoms with E-state index in [1.807, 2.05) is 5.32 Å². The summed E-state index contributed by atoms with van der Waals surface area (Å²) in [5.41, 5.74) is 1.52. The maximum absolute atomic E-state index is 11.8. The number of nitrogens with one attached hydrogen (secondary N) is 1. The van der Waals surface area contributed by atoms with E-state index in [-0.39, 0.29) is 6.54 Å². The van der Waals surface area contributed by atoms with Crippen LogP contribution in [-0.2, 0) is 11.3 Å². The van der Waals surface area contributed by atoms with Crippen LogP contribution in [0.4, 0.5) is 13.2 Å². The lowest BCUT2D eigenvalue weighted by Crippen LogP contribution is -2.36. The topological polar surface area (TPSA) is 29.1 Å². The first kappa shape index (κ1) is 11.6. The zero-order valence-corrected chi connectivity index (χ0v) is 8.06. The molecule has 1 amide bonds. The van der Waals surface area contributed by atoms with Crippen LogP contribution in [0.2, 0.25) is 0 Å². The van der Waals surface area contributed by atoms with Gasteiger partial charge in [0, 0.05) is 6.54 Å². The highest BCUT2D eigenvalue weighted by Crippen LogP contribution is 2.15. The van der Waals surface area contributed by atoms with Crippen molar-refractivity contribution in [1.29, 1.82) is 0 Å². The molecule has 1 aromatic rings. The van der Waals surface area contributed by atoms with Gasteiger partial charge in [0.05, 0.1) is 0 Å². The molecule has 0 aliphatic heterocycles. The van der Waals surface area contributed by atoms with Crippen LogP contribution >= 0.6 is 0 Å². The third kappa shape index (κ3) is 3.27. The zero-order chi connectivity index (χ0) is 11.5. The van der Waals surface area contributed by atoms with Gasteiger partial charge < -0.3 is 5.32 Å². The van der Waals surface area contributed by atoms with Crippen LogP contribution in [0.15, 0.2) is 24.3 Å². The average molecular weight is 217 g/mol. The smallest absolute Gasteiger partial charge is 0.344 e. The fraction of sp³-hybridized carbons (Fsp3) is 0.300. The molecular weight excluding hydrogens is 207 g/mol. The fourth-order valence-electron chi connectivity index (χ4n) is 1.08. The Balaban J connectivity index is 2.59. The molecule has 1 aromatic carbocycles. The van der Waals surface area contributed by atoms with Crippen molar-refractivity contribution in [3.63, 3.8) is 0 Å². The standard InChI is InChI=1S/C10H10F3NO/c1-7-4-2-3-5-8(7)6-14-9(15)10(11,12)13/h2-5H,6H2,1H3,(H,14,15). The van der Waals surface area contributed by atoms with Crippen molar-refractivity contribution in [2.75, 3.05) is 0 Å². The van der Waals surface area contributed by atoms with Gasteiger partial charge in [-0.05, 0) is 18.1 Å². The molecular formula is C10H10F3NO. The van der Waals surface area contributed by atoms with E-state index in [1.165, 1.54) is 0 Å². The van der Waals surface area contributed by atoms with E-state index in [0.29, 0.717) is 5.56 Å². The van der Waals surface area contributed by atoms with Crippen LogP contribution < -0.4 is 5.32 Å². The molecule has 0 bridgehead atoms. The Hall–Kier alpha value is -1.52. The quantitative estimate of drug-likeness (QED) is 0.808. The van der Waals surface area contributed by atoms with Crippen LogP contribution in [-0.4, -0.2) is 12.1 Å². The van der Waals surface area contributed by atoms with Crippen molar-refractivity contribution in [3.8, 4) is 0 Å². The Labute approximate surface area is 85.1 Å². The van der Waals surface area contributed by atoms with Crippen molar-refractivity contribution in [1.82, 2.24) is 5.32 Å². The Morgan fingerprint density at radius 3 is 2.47 bits per heavy atom. The van der Waals surface area contributed by atoms with Crippen molar-refractivity contribution < 1.29 is 18.0 Å². The summed E-state index contributed by atoms with van der Waals surface area (Å²) in [4.78, 5) is 10.5. The summed E-state index contributed by atoms with van der Waals surface area (Å²) in [6, 6.07) is 6.94. The van der Waals surface area contributed by atoms with Crippen LogP contribution in [0, 0.1) is 6.92 Å². The van der Waals surface area contributed by atoms with Crippen molar-refractivity contribution in [2.45, 2.75) is 19.6 Å². The Bertz CT molecular complexity index is 360. The van der Waals surface area contributed by atoms with E-state index in [9.17, 15) is 18.0 Å². The molecule has 0 saturated heterocycles. The molecule has 1 N–H and O–H groups in total. The summed E-state index contributed by atoms with van der Waals surface area (Å²) in [6.45, 7) is 1.67. The lowest BCUT2D eigenvalue weighted by atomic mass is 10.1. The van der Waals surface area contributed by atoms with Gasteiger partial charge in [-0.25, -0.2) is 0 Å². The summed E-state index contributed by atoms with van der Waals surface area (Å²) in [5.74, 6) is -1.91. The second-order valence-corrected chi connectivity index (χ2v) is 3.11. The molecule has 0 heterocycles. The van der Waals surface area contributed by atoms with Crippen LogP contribution in [0.25, 0.3) is 0 Å². The van der Waals surface area contributed by atoms with E-state index in [0.717, 1.165) is 5.56 Å². The van der Waals surface area contributed by atoms with Crippen LogP contribution in [0.3, 0.4) is 0 Å². The van der Waals surface area contributed by atoms with E-state index < -0.39 is 12.1 Å². The first-order valence-corrected chi connectivity index (χ1v) is 4.31. The number of carbonyl (C=O) groups excluding carboxylic acids is 1. The number of halogens is 3. The lowest BCUT2D eigenvalue weighted by Gasteiger charge is -2.09. The molecule has 1 rings (SSSR count). The van der Waals surface area contributed by atoms with Gasteiger partial charge in [-0.2, -0.15) is 13.2 Å². The summed E-state index contributed by atoms with van der Waals surface area (Å²) in [6.07, 6.45) is -4.82. The maximum atomic E-state index is 11.8. The van der Waals surface area contributed by atoms with Crippen LogP contribution in [0.1, 0.15) is 11.1 Å². The third-order valence-electron chi connectivity index (χ3n) is 1.96. The summed E-state index contributed by atoms with van der Waals surface area (Å²) >= 11 is 0. The number of carbonyl (C=O) groups is 1. The highest BCUT2D eigenvalue weighted by molar-refractivity contribution is 5.81. The third-order valence-corrected chi connectivity index (χ3v) is 1.96. The van der Waals surface area contributed by atoms with Gasteiger partial charge in [-0.1, -0.05) is 24.3 Å². The lowest BCUT2D eigenvalue weighted by molar-refractivity contribution is -0.173. The molecule has 0 radical (unpaired) electrons. The minimum atomic E-state index is -4.82. The monoisotopic (exact) mass is 217 g/mol. The normalized spacial score (nSPS) is 11.2. The van der Waals surface area contributed by atoms with Crippen LogP contribution in [0.5, 0.6) is 0 Å². The highest BCUT2D eigenvalue weighted by atomic mass is 19.4. The predicted molar refractivity (Wildman–Crippen MR) is 49.1 cm³/mol. The van der Waals surface area contributed by atoms with Crippen molar-refractivity contribution in [2.24, 2.45) is 0 Å². The predicted octanol–water partition coefficient (Wildman–Crippen LogP) is 2.17. The summed E-state index contributed by atoms with van der Waals surface area (Å²) in [7, 11) is 0. The SMILES string of the molecule is Cc1ccccc1CNC(=O)C(F)(F)F. The number of amides is 1. The minimum absolute atomic E-state index is 0.106. The molecule has 15 heavy (non-hydrogen) atoms. The molecule has 0 aliphatic carbocycles. The van der Waals surface area contributed by atoms with Crippen molar-refractivity contribution in [3.05, 3.63) is 35.4 Å². The Morgan fingerprint density at radius 1 is 1.33 bits per heavy atom. The number of rotatable bonds is 2. The number of hydrogen-bond donors (Lipinski definition) is 1.